The molecule has 5 nitrogen and oxygen atoms in total. The molecule has 2 aromatic carbocycles. The van der Waals surface area contributed by atoms with E-state index in [0.29, 0.717) is 16.1 Å². The topological polar surface area (TPSA) is 64.0 Å². The summed E-state index contributed by atoms with van der Waals surface area (Å²) in [5.74, 6) is -0.203. The summed E-state index contributed by atoms with van der Waals surface area (Å²) in [6.07, 6.45) is 5.17. The number of aromatic nitrogens is 2. The molecule has 0 aliphatic carbocycles. The van der Waals surface area contributed by atoms with Crippen molar-refractivity contribution in [3.8, 4) is 5.69 Å². The summed E-state index contributed by atoms with van der Waals surface area (Å²) < 4.78 is 13.1. The minimum atomic E-state index is -1.05. The zero-order valence-corrected chi connectivity index (χ0v) is 13.3. The number of amides is 1. The Morgan fingerprint density at radius 2 is 1.78 bits per heavy atom. The molecule has 0 fully saturated rings. The van der Waals surface area contributed by atoms with Crippen LogP contribution in [-0.4, -0.2) is 26.2 Å². The molecular weight excluding hydrogens is 310 g/mol. The highest BCUT2D eigenvalue weighted by Crippen LogP contribution is 2.14. The van der Waals surface area contributed by atoms with Crippen LogP contribution >= 0.6 is 0 Å². The quantitative estimate of drug-likeness (QED) is 0.802. The maximum absolute atomic E-state index is 12.2. The molecule has 6 heteroatoms. The van der Waals surface area contributed by atoms with Gasteiger partial charge in [-0.15, -0.1) is 0 Å². The maximum atomic E-state index is 12.2. The number of carbonyl (C=O) groups is 1. The Labute approximate surface area is 136 Å². The zero-order chi connectivity index (χ0) is 16.2. The van der Waals surface area contributed by atoms with E-state index in [1.165, 1.54) is 0 Å². The summed E-state index contributed by atoms with van der Waals surface area (Å²) in [4.78, 5) is 12.9. The summed E-state index contributed by atoms with van der Waals surface area (Å²) in [5.41, 5.74) is 2.15. The molecule has 23 heavy (non-hydrogen) atoms. The molecule has 0 spiro atoms. The van der Waals surface area contributed by atoms with Crippen LogP contribution in [0, 0.1) is 0 Å². The van der Waals surface area contributed by atoms with Gasteiger partial charge in [0, 0.05) is 45.6 Å². The van der Waals surface area contributed by atoms with Crippen molar-refractivity contribution in [3.05, 3.63) is 72.6 Å². The minimum absolute atomic E-state index is 0.203. The lowest BCUT2D eigenvalue weighted by atomic mass is 10.2. The summed E-state index contributed by atoms with van der Waals surface area (Å²) in [6.45, 7) is 0. The van der Waals surface area contributed by atoms with Gasteiger partial charge in [-0.3, -0.25) is 9.00 Å². The first-order valence-corrected chi connectivity index (χ1v) is 8.54. The predicted molar refractivity (Wildman–Crippen MR) is 90.3 cm³/mol. The summed E-state index contributed by atoms with van der Waals surface area (Å²) in [6, 6.07) is 16.0. The first kappa shape index (κ1) is 15.2. The normalized spacial score (nSPS) is 11.9. The van der Waals surface area contributed by atoms with E-state index in [9.17, 15) is 9.00 Å². The van der Waals surface area contributed by atoms with Crippen LogP contribution in [0.2, 0.25) is 0 Å². The second-order valence-corrected chi connectivity index (χ2v) is 6.31. The van der Waals surface area contributed by atoms with Gasteiger partial charge in [-0.2, -0.15) is 5.10 Å². The van der Waals surface area contributed by atoms with E-state index in [0.717, 1.165) is 5.69 Å². The Morgan fingerprint density at radius 3 is 2.35 bits per heavy atom. The standard InChI is InChI=1S/C17H15N3O2S/c1-23(22)16-9-3-13(4-10-16)17(21)19-14-5-7-15(8-6-14)20-12-2-11-18-20/h2-12H,1H3,(H,19,21)/t23-/m0/s1. The lowest BCUT2D eigenvalue weighted by molar-refractivity contribution is 0.102. The first-order chi connectivity index (χ1) is 11.1. The number of nitrogens with one attached hydrogen (secondary N) is 1. The number of anilines is 1. The van der Waals surface area contributed by atoms with Crippen LogP contribution in [0.3, 0.4) is 0 Å². The van der Waals surface area contributed by atoms with Crippen molar-refractivity contribution in [1.82, 2.24) is 9.78 Å². The van der Waals surface area contributed by atoms with Gasteiger partial charge < -0.3 is 5.32 Å². The fraction of sp³-hybridized carbons (Fsp3) is 0.0588. The zero-order valence-electron chi connectivity index (χ0n) is 12.5. The average molecular weight is 325 g/mol. The van der Waals surface area contributed by atoms with Crippen LogP contribution in [0.15, 0.2) is 71.9 Å². The van der Waals surface area contributed by atoms with Gasteiger partial charge in [0.1, 0.15) is 0 Å². The van der Waals surface area contributed by atoms with Crippen molar-refractivity contribution in [2.45, 2.75) is 4.90 Å². The van der Waals surface area contributed by atoms with Crippen LogP contribution in [0.25, 0.3) is 5.69 Å². The third-order valence-corrected chi connectivity index (χ3v) is 4.28. The number of carbonyl (C=O) groups excluding carboxylic acids is 1. The maximum Gasteiger partial charge on any atom is 0.255 e. The van der Waals surface area contributed by atoms with Gasteiger partial charge in [-0.25, -0.2) is 4.68 Å². The molecule has 1 N–H and O–H groups in total. The van der Waals surface area contributed by atoms with Crippen molar-refractivity contribution in [1.29, 1.82) is 0 Å². The molecule has 0 aliphatic rings. The van der Waals surface area contributed by atoms with Crippen molar-refractivity contribution in [3.63, 3.8) is 0 Å². The largest absolute Gasteiger partial charge is 0.322 e. The molecule has 1 amide bonds. The molecular formula is C17H15N3O2S. The lowest BCUT2D eigenvalue weighted by Crippen LogP contribution is -2.11. The second-order valence-electron chi connectivity index (χ2n) is 4.93. The van der Waals surface area contributed by atoms with Crippen molar-refractivity contribution < 1.29 is 9.00 Å². The van der Waals surface area contributed by atoms with Gasteiger partial charge in [-0.1, -0.05) is 0 Å². The summed E-state index contributed by atoms with van der Waals surface area (Å²) in [7, 11) is -1.05. The predicted octanol–water partition coefficient (Wildman–Crippen LogP) is 2.86. The highest BCUT2D eigenvalue weighted by atomic mass is 32.2. The minimum Gasteiger partial charge on any atom is -0.322 e. The molecule has 3 aromatic rings. The van der Waals surface area contributed by atoms with E-state index >= 15 is 0 Å². The molecule has 3 rings (SSSR count). The van der Waals surface area contributed by atoms with Crippen molar-refractivity contribution in [2.24, 2.45) is 0 Å². The highest BCUT2D eigenvalue weighted by Gasteiger charge is 2.07. The van der Waals surface area contributed by atoms with Gasteiger partial charge in [0.2, 0.25) is 0 Å². The Morgan fingerprint density at radius 1 is 1.09 bits per heavy atom. The molecule has 1 aromatic heterocycles. The van der Waals surface area contributed by atoms with Crippen LogP contribution in [0.4, 0.5) is 5.69 Å². The number of hydrogen-bond acceptors (Lipinski definition) is 3. The van der Waals surface area contributed by atoms with Gasteiger partial charge in [0.25, 0.3) is 5.91 Å². The monoisotopic (exact) mass is 325 g/mol. The van der Waals surface area contributed by atoms with Crippen LogP contribution < -0.4 is 5.32 Å². The van der Waals surface area contributed by atoms with E-state index in [1.54, 1.807) is 41.4 Å². The van der Waals surface area contributed by atoms with Gasteiger partial charge in [0.05, 0.1) is 5.69 Å². The highest BCUT2D eigenvalue weighted by molar-refractivity contribution is 7.84. The Hall–Kier alpha value is -2.73. The summed E-state index contributed by atoms with van der Waals surface area (Å²) >= 11 is 0. The fourth-order valence-corrected chi connectivity index (χ4v) is 2.64. The molecule has 1 atom stereocenters. The SMILES string of the molecule is C[S@](=O)c1ccc(C(=O)Nc2ccc(-n3cccn3)cc2)cc1. The van der Waals surface area contributed by atoms with Gasteiger partial charge in [0.15, 0.2) is 0 Å². The van der Waals surface area contributed by atoms with Gasteiger partial charge in [-0.05, 0) is 54.6 Å². The molecule has 0 aliphatic heterocycles. The van der Waals surface area contributed by atoms with E-state index in [2.05, 4.69) is 10.4 Å². The molecule has 0 radical (unpaired) electrons. The molecule has 0 bridgehead atoms. The third kappa shape index (κ3) is 3.54. The fourth-order valence-electron chi connectivity index (χ4n) is 2.12. The van der Waals surface area contributed by atoms with Crippen LogP contribution in [-0.2, 0) is 10.8 Å². The number of rotatable bonds is 4. The van der Waals surface area contributed by atoms with E-state index in [1.807, 2.05) is 36.5 Å². The Kier molecular flexibility index (Phi) is 4.34. The number of hydrogen-bond donors (Lipinski definition) is 1. The first-order valence-electron chi connectivity index (χ1n) is 6.98. The van der Waals surface area contributed by atoms with Crippen LogP contribution in [0.1, 0.15) is 10.4 Å². The lowest BCUT2D eigenvalue weighted by Gasteiger charge is -2.07. The smallest absolute Gasteiger partial charge is 0.255 e. The van der Waals surface area contributed by atoms with Crippen molar-refractivity contribution >= 4 is 22.4 Å². The molecule has 0 saturated heterocycles. The molecule has 1 heterocycles. The molecule has 116 valence electrons. The summed E-state index contributed by atoms with van der Waals surface area (Å²) in [5, 5.41) is 6.99. The van der Waals surface area contributed by atoms with Crippen LogP contribution in [0.5, 0.6) is 0 Å². The number of nitrogens with zero attached hydrogens (tertiary/aromatic N) is 2. The second kappa shape index (κ2) is 6.58. The number of benzene rings is 2. The molecule has 0 saturated carbocycles. The van der Waals surface area contributed by atoms with E-state index in [-0.39, 0.29) is 5.91 Å². The van der Waals surface area contributed by atoms with Gasteiger partial charge >= 0.3 is 0 Å². The average Bonchev–Trinajstić information content (AvgIpc) is 3.10. The Bertz CT molecular complexity index is 825. The van der Waals surface area contributed by atoms with E-state index in [4.69, 9.17) is 0 Å². The third-order valence-electron chi connectivity index (χ3n) is 3.34. The Balaban J connectivity index is 1.71. The van der Waals surface area contributed by atoms with Crippen molar-refractivity contribution in [2.75, 3.05) is 11.6 Å². The van der Waals surface area contributed by atoms with E-state index < -0.39 is 10.8 Å². The molecule has 0 unspecified atom stereocenters.